The minimum absolute atomic E-state index is 0.370. The van der Waals surface area contributed by atoms with Crippen LogP contribution in [0.25, 0.3) is 22.1 Å². The molecule has 1 saturated heterocycles. The largest absolute Gasteiger partial charge is 0.457 e. The van der Waals surface area contributed by atoms with Crippen molar-refractivity contribution in [3.63, 3.8) is 0 Å². The Hall–Kier alpha value is -4.32. The fourth-order valence-electron chi connectivity index (χ4n) is 4.63. The molecule has 4 heterocycles. The summed E-state index contributed by atoms with van der Waals surface area (Å²) in [6.07, 6.45) is 6.71. The molecule has 1 N–H and O–H groups in total. The third-order valence-electron chi connectivity index (χ3n) is 6.76. The van der Waals surface area contributed by atoms with Crippen LogP contribution in [0.1, 0.15) is 12.0 Å². The molecule has 1 fully saturated rings. The molecule has 0 radical (unpaired) electrons. The zero-order valence-corrected chi connectivity index (χ0v) is 22.0. The SMILES string of the molecule is Cc1cc(Nc2ncnc3cnc(N4CC[C@H](S(C)(=O)=O)C4)nc23)ccc1Oc1ccc2c(c1)ncn2C. The van der Waals surface area contributed by atoms with E-state index in [4.69, 9.17) is 9.72 Å². The average molecular weight is 531 g/mol. The average Bonchev–Trinajstić information content (AvgIpc) is 3.53. The first-order chi connectivity index (χ1) is 18.2. The van der Waals surface area contributed by atoms with E-state index < -0.39 is 15.1 Å². The quantitative estimate of drug-likeness (QED) is 0.346. The van der Waals surface area contributed by atoms with Crippen LogP contribution in [-0.2, 0) is 16.9 Å². The second-order valence-electron chi connectivity index (χ2n) is 9.53. The topological polar surface area (TPSA) is 128 Å². The molecule has 0 aliphatic carbocycles. The minimum Gasteiger partial charge on any atom is -0.457 e. The monoisotopic (exact) mass is 530 g/mol. The molecule has 0 saturated carbocycles. The summed E-state index contributed by atoms with van der Waals surface area (Å²) in [4.78, 5) is 24.1. The lowest BCUT2D eigenvalue weighted by atomic mass is 10.2. The maximum absolute atomic E-state index is 12.0. The van der Waals surface area contributed by atoms with Gasteiger partial charge in [-0.2, -0.15) is 0 Å². The van der Waals surface area contributed by atoms with Crippen molar-refractivity contribution >= 4 is 49.4 Å². The first-order valence-corrected chi connectivity index (χ1v) is 14.1. The van der Waals surface area contributed by atoms with Crippen LogP contribution < -0.4 is 15.0 Å². The van der Waals surface area contributed by atoms with Crippen molar-refractivity contribution < 1.29 is 13.2 Å². The van der Waals surface area contributed by atoms with Crippen LogP contribution in [0, 0.1) is 6.92 Å². The van der Waals surface area contributed by atoms with E-state index in [2.05, 4.69) is 25.3 Å². The van der Waals surface area contributed by atoms with Crippen LogP contribution in [0.3, 0.4) is 0 Å². The van der Waals surface area contributed by atoms with E-state index in [1.165, 1.54) is 12.6 Å². The van der Waals surface area contributed by atoms with Crippen LogP contribution in [-0.4, -0.2) is 62.5 Å². The second-order valence-corrected chi connectivity index (χ2v) is 11.9. The van der Waals surface area contributed by atoms with Gasteiger partial charge in [0.15, 0.2) is 15.7 Å². The number of sulfone groups is 1. The zero-order valence-electron chi connectivity index (χ0n) is 21.2. The van der Waals surface area contributed by atoms with Crippen LogP contribution in [0.2, 0.25) is 0 Å². The van der Waals surface area contributed by atoms with Gasteiger partial charge in [0.1, 0.15) is 28.9 Å². The molecule has 0 amide bonds. The molecular weight excluding hydrogens is 504 g/mol. The predicted octanol–water partition coefficient (Wildman–Crippen LogP) is 3.77. The predicted molar refractivity (Wildman–Crippen MR) is 146 cm³/mol. The summed E-state index contributed by atoms with van der Waals surface area (Å²) in [6, 6.07) is 11.6. The van der Waals surface area contributed by atoms with Gasteiger partial charge in [-0.05, 0) is 49.2 Å². The maximum atomic E-state index is 12.0. The number of benzene rings is 2. The molecule has 1 atom stereocenters. The normalized spacial score (nSPS) is 15.9. The van der Waals surface area contributed by atoms with E-state index in [9.17, 15) is 8.42 Å². The van der Waals surface area contributed by atoms with Gasteiger partial charge in [0.2, 0.25) is 5.95 Å². The van der Waals surface area contributed by atoms with Crippen LogP contribution in [0.15, 0.2) is 55.2 Å². The van der Waals surface area contributed by atoms with Gasteiger partial charge in [-0.1, -0.05) is 0 Å². The number of anilines is 3. The molecule has 2 aromatic carbocycles. The number of aromatic nitrogens is 6. The van der Waals surface area contributed by atoms with Crippen molar-refractivity contribution in [1.82, 2.24) is 29.5 Å². The lowest BCUT2D eigenvalue weighted by Crippen LogP contribution is -2.27. The standard InChI is InChI=1S/C26H26N8O3S/c1-16-10-17(4-7-23(16)37-18-5-6-22-20(11-18)30-15-33(22)2)31-25-24-21(28-14-29-25)12-27-26(32-24)34-9-8-19(13-34)38(3,35)36/h4-7,10-12,14-15,19H,8-9,13H2,1-3H3,(H,28,29,31)/t19-/m0/s1. The molecule has 0 bridgehead atoms. The number of nitrogens with one attached hydrogen (secondary N) is 1. The number of hydrogen-bond acceptors (Lipinski definition) is 10. The number of aryl methyl sites for hydroxylation is 2. The Bertz CT molecular complexity index is 1790. The number of rotatable bonds is 6. The smallest absolute Gasteiger partial charge is 0.226 e. The molecule has 1 aliphatic heterocycles. The molecular formula is C26H26N8O3S. The molecule has 6 rings (SSSR count). The highest BCUT2D eigenvalue weighted by Gasteiger charge is 2.31. The van der Waals surface area contributed by atoms with Crippen molar-refractivity contribution in [2.24, 2.45) is 7.05 Å². The summed E-state index contributed by atoms with van der Waals surface area (Å²) in [5.41, 5.74) is 4.81. The van der Waals surface area contributed by atoms with Gasteiger partial charge in [-0.15, -0.1) is 0 Å². The lowest BCUT2D eigenvalue weighted by Gasteiger charge is -2.17. The summed E-state index contributed by atoms with van der Waals surface area (Å²) >= 11 is 0. The van der Waals surface area contributed by atoms with E-state index in [-0.39, 0.29) is 0 Å². The highest BCUT2D eigenvalue weighted by molar-refractivity contribution is 7.91. The van der Waals surface area contributed by atoms with Crippen LogP contribution >= 0.6 is 0 Å². The van der Waals surface area contributed by atoms with Crippen molar-refractivity contribution in [1.29, 1.82) is 0 Å². The summed E-state index contributed by atoms with van der Waals surface area (Å²) in [7, 11) is -1.16. The van der Waals surface area contributed by atoms with Crippen LogP contribution in [0.5, 0.6) is 11.5 Å². The first-order valence-electron chi connectivity index (χ1n) is 12.1. The maximum Gasteiger partial charge on any atom is 0.226 e. The van der Waals surface area contributed by atoms with Gasteiger partial charge in [0, 0.05) is 38.1 Å². The summed E-state index contributed by atoms with van der Waals surface area (Å²) in [5.74, 6) is 2.45. The Kier molecular flexibility index (Phi) is 5.83. The lowest BCUT2D eigenvalue weighted by molar-refractivity contribution is 0.479. The Labute approximate surface area is 219 Å². The highest BCUT2D eigenvalue weighted by Crippen LogP contribution is 2.31. The molecule has 3 aromatic heterocycles. The molecule has 0 spiro atoms. The van der Waals surface area contributed by atoms with Gasteiger partial charge < -0.3 is 19.5 Å². The van der Waals surface area contributed by atoms with Crippen molar-refractivity contribution in [2.75, 3.05) is 29.6 Å². The van der Waals surface area contributed by atoms with E-state index in [0.29, 0.717) is 48.1 Å². The second kappa shape index (κ2) is 9.21. The molecule has 11 nitrogen and oxygen atoms in total. The van der Waals surface area contributed by atoms with Crippen molar-refractivity contribution in [2.45, 2.75) is 18.6 Å². The van der Waals surface area contributed by atoms with Gasteiger partial charge >= 0.3 is 0 Å². The number of nitrogens with zero attached hydrogens (tertiary/aromatic N) is 7. The van der Waals surface area contributed by atoms with E-state index in [1.54, 1.807) is 12.5 Å². The summed E-state index contributed by atoms with van der Waals surface area (Å²) in [6.45, 7) is 2.92. The van der Waals surface area contributed by atoms with Crippen molar-refractivity contribution in [3.8, 4) is 11.5 Å². The van der Waals surface area contributed by atoms with Crippen molar-refractivity contribution in [3.05, 3.63) is 60.8 Å². The Morgan fingerprint density at radius 1 is 1.05 bits per heavy atom. The van der Waals surface area contributed by atoms with E-state index in [1.807, 2.05) is 59.8 Å². The van der Waals surface area contributed by atoms with Gasteiger partial charge in [0.05, 0.1) is 28.8 Å². The molecule has 194 valence electrons. The minimum atomic E-state index is -3.12. The van der Waals surface area contributed by atoms with Gasteiger partial charge in [0.25, 0.3) is 0 Å². The molecule has 5 aromatic rings. The number of imidazole rings is 1. The molecule has 38 heavy (non-hydrogen) atoms. The summed E-state index contributed by atoms with van der Waals surface area (Å²) < 4.78 is 32.1. The molecule has 0 unspecified atom stereocenters. The number of hydrogen-bond donors (Lipinski definition) is 1. The van der Waals surface area contributed by atoms with E-state index >= 15 is 0 Å². The molecule has 12 heteroatoms. The third-order valence-corrected chi connectivity index (χ3v) is 8.36. The first kappa shape index (κ1) is 24.0. The Morgan fingerprint density at radius 2 is 1.92 bits per heavy atom. The number of ether oxygens (including phenoxy) is 1. The van der Waals surface area contributed by atoms with Gasteiger partial charge in [-0.3, -0.25) is 0 Å². The van der Waals surface area contributed by atoms with Gasteiger partial charge in [-0.25, -0.2) is 33.3 Å². The Morgan fingerprint density at radius 3 is 2.71 bits per heavy atom. The van der Waals surface area contributed by atoms with E-state index in [0.717, 1.165) is 28.0 Å². The van der Waals surface area contributed by atoms with Crippen LogP contribution in [0.4, 0.5) is 17.5 Å². The Balaban J connectivity index is 1.24. The molecule has 1 aliphatic rings. The zero-order chi connectivity index (χ0) is 26.4. The fraction of sp³-hybridized carbons (Fsp3) is 0.269. The number of fused-ring (bicyclic) bond motifs is 2. The third kappa shape index (κ3) is 4.58. The highest BCUT2D eigenvalue weighted by atomic mass is 32.2. The summed E-state index contributed by atoms with van der Waals surface area (Å²) in [5, 5.41) is 2.92. The fourth-order valence-corrected chi connectivity index (χ4v) is 5.62.